The fourth-order valence-corrected chi connectivity index (χ4v) is 2.18. The molecule has 1 N–H and O–H groups in total. The SMILES string of the molecule is Cc1ncc(Cl)c(NCCN(C)CCc2ccccc2)n1. The van der Waals surface area contributed by atoms with E-state index in [1.54, 1.807) is 6.20 Å². The van der Waals surface area contributed by atoms with Gasteiger partial charge >= 0.3 is 0 Å². The zero-order valence-electron chi connectivity index (χ0n) is 12.5. The van der Waals surface area contributed by atoms with Crippen LogP contribution >= 0.6 is 11.6 Å². The van der Waals surface area contributed by atoms with Gasteiger partial charge in [-0.15, -0.1) is 0 Å². The van der Waals surface area contributed by atoms with Gasteiger partial charge in [0, 0.05) is 19.6 Å². The number of rotatable bonds is 7. The molecule has 4 nitrogen and oxygen atoms in total. The summed E-state index contributed by atoms with van der Waals surface area (Å²) in [6.07, 6.45) is 2.69. The largest absolute Gasteiger partial charge is 0.367 e. The van der Waals surface area contributed by atoms with Crippen LogP contribution < -0.4 is 5.32 Å². The fraction of sp³-hybridized carbons (Fsp3) is 0.375. The summed E-state index contributed by atoms with van der Waals surface area (Å²) in [5, 5.41) is 3.82. The van der Waals surface area contributed by atoms with Gasteiger partial charge in [0.15, 0.2) is 0 Å². The summed E-state index contributed by atoms with van der Waals surface area (Å²) in [4.78, 5) is 10.6. The van der Waals surface area contributed by atoms with Gasteiger partial charge in [-0.3, -0.25) is 0 Å². The highest BCUT2D eigenvalue weighted by atomic mass is 35.5. The number of aryl methyl sites for hydroxylation is 1. The molecule has 0 fully saturated rings. The smallest absolute Gasteiger partial charge is 0.148 e. The molecule has 2 aromatic rings. The lowest BCUT2D eigenvalue weighted by molar-refractivity contribution is 0.351. The van der Waals surface area contributed by atoms with Crippen molar-refractivity contribution in [1.82, 2.24) is 14.9 Å². The lowest BCUT2D eigenvalue weighted by Gasteiger charge is -2.17. The van der Waals surface area contributed by atoms with E-state index in [-0.39, 0.29) is 0 Å². The van der Waals surface area contributed by atoms with E-state index in [9.17, 15) is 0 Å². The van der Waals surface area contributed by atoms with Crippen LogP contribution in [-0.4, -0.2) is 41.5 Å². The quantitative estimate of drug-likeness (QED) is 0.853. The number of halogens is 1. The maximum Gasteiger partial charge on any atom is 0.148 e. The van der Waals surface area contributed by atoms with Gasteiger partial charge < -0.3 is 10.2 Å². The Morgan fingerprint density at radius 2 is 1.95 bits per heavy atom. The van der Waals surface area contributed by atoms with Crippen LogP contribution in [-0.2, 0) is 6.42 Å². The molecule has 21 heavy (non-hydrogen) atoms. The fourth-order valence-electron chi connectivity index (χ4n) is 2.02. The molecule has 0 aliphatic rings. The summed E-state index contributed by atoms with van der Waals surface area (Å²) in [7, 11) is 2.12. The maximum absolute atomic E-state index is 6.05. The lowest BCUT2D eigenvalue weighted by atomic mass is 10.1. The first kappa shape index (κ1) is 15.7. The van der Waals surface area contributed by atoms with E-state index in [1.165, 1.54) is 5.56 Å². The first-order valence-electron chi connectivity index (χ1n) is 7.10. The number of nitrogens with zero attached hydrogens (tertiary/aromatic N) is 3. The molecule has 0 bridgehead atoms. The molecule has 0 aliphatic heterocycles. The predicted octanol–water partition coefficient (Wildman–Crippen LogP) is 3.02. The average molecular weight is 305 g/mol. The topological polar surface area (TPSA) is 41.1 Å². The van der Waals surface area contributed by atoms with Crippen LogP contribution in [0.3, 0.4) is 0 Å². The van der Waals surface area contributed by atoms with Gasteiger partial charge in [-0.05, 0) is 26.0 Å². The number of aromatic nitrogens is 2. The Bertz CT molecular complexity index is 559. The van der Waals surface area contributed by atoms with Gasteiger partial charge in [-0.25, -0.2) is 9.97 Å². The number of hydrogen-bond donors (Lipinski definition) is 1. The minimum atomic E-state index is 0.563. The minimum Gasteiger partial charge on any atom is -0.367 e. The summed E-state index contributed by atoms with van der Waals surface area (Å²) in [6, 6.07) is 10.5. The molecule has 0 spiro atoms. The van der Waals surface area contributed by atoms with E-state index >= 15 is 0 Å². The molecule has 2 rings (SSSR count). The highest BCUT2D eigenvalue weighted by Gasteiger charge is 2.04. The van der Waals surface area contributed by atoms with Crippen molar-refractivity contribution >= 4 is 17.4 Å². The van der Waals surface area contributed by atoms with Crippen molar-refractivity contribution in [3.05, 3.63) is 52.9 Å². The summed E-state index contributed by atoms with van der Waals surface area (Å²) < 4.78 is 0. The number of anilines is 1. The summed E-state index contributed by atoms with van der Waals surface area (Å²) >= 11 is 6.05. The summed E-state index contributed by atoms with van der Waals surface area (Å²) in [6.45, 7) is 4.63. The second kappa shape index (κ2) is 7.96. The standard InChI is InChI=1S/C16H21ClN4/c1-13-19-12-15(17)16(20-13)18-9-11-21(2)10-8-14-6-4-3-5-7-14/h3-7,12H,8-11H2,1-2H3,(H,18,19,20). The van der Waals surface area contributed by atoms with Crippen molar-refractivity contribution in [2.24, 2.45) is 0 Å². The molecule has 5 heteroatoms. The lowest BCUT2D eigenvalue weighted by Crippen LogP contribution is -2.27. The third-order valence-corrected chi connectivity index (χ3v) is 3.55. The van der Waals surface area contributed by atoms with Crippen LogP contribution in [0.15, 0.2) is 36.5 Å². The normalized spacial score (nSPS) is 10.9. The molecule has 112 valence electrons. The Morgan fingerprint density at radius 1 is 1.19 bits per heavy atom. The van der Waals surface area contributed by atoms with E-state index in [0.717, 1.165) is 31.9 Å². The van der Waals surface area contributed by atoms with E-state index in [1.807, 2.05) is 13.0 Å². The number of benzene rings is 1. The van der Waals surface area contributed by atoms with Gasteiger partial charge in [0.2, 0.25) is 0 Å². The highest BCUT2D eigenvalue weighted by Crippen LogP contribution is 2.16. The van der Waals surface area contributed by atoms with E-state index in [4.69, 9.17) is 11.6 Å². The monoisotopic (exact) mass is 304 g/mol. The molecule has 0 atom stereocenters. The Labute approximate surface area is 131 Å². The Hall–Kier alpha value is -1.65. The van der Waals surface area contributed by atoms with Crippen LogP contribution in [0.2, 0.25) is 5.02 Å². The second-order valence-electron chi connectivity index (χ2n) is 5.08. The molecule has 1 heterocycles. The van der Waals surface area contributed by atoms with Crippen molar-refractivity contribution in [3.8, 4) is 0 Å². The molecule has 1 aromatic carbocycles. The summed E-state index contributed by atoms with van der Waals surface area (Å²) in [5.74, 6) is 1.43. The van der Waals surface area contributed by atoms with Gasteiger partial charge in [-0.2, -0.15) is 0 Å². The van der Waals surface area contributed by atoms with Crippen molar-refractivity contribution in [1.29, 1.82) is 0 Å². The van der Waals surface area contributed by atoms with Crippen molar-refractivity contribution in [2.75, 3.05) is 32.0 Å². The van der Waals surface area contributed by atoms with Gasteiger partial charge in [0.05, 0.1) is 6.20 Å². The van der Waals surface area contributed by atoms with Crippen LogP contribution in [0.5, 0.6) is 0 Å². The minimum absolute atomic E-state index is 0.563. The maximum atomic E-state index is 6.05. The zero-order valence-corrected chi connectivity index (χ0v) is 13.3. The van der Waals surface area contributed by atoms with Crippen molar-refractivity contribution < 1.29 is 0 Å². The van der Waals surface area contributed by atoms with E-state index in [0.29, 0.717) is 10.8 Å². The van der Waals surface area contributed by atoms with Gasteiger partial charge in [0.1, 0.15) is 16.7 Å². The Morgan fingerprint density at radius 3 is 2.71 bits per heavy atom. The van der Waals surface area contributed by atoms with Gasteiger partial charge in [0.25, 0.3) is 0 Å². The number of nitrogens with one attached hydrogen (secondary N) is 1. The summed E-state index contributed by atoms with van der Waals surface area (Å²) in [5.41, 5.74) is 1.37. The first-order chi connectivity index (χ1) is 10.1. The van der Waals surface area contributed by atoms with Gasteiger partial charge in [-0.1, -0.05) is 41.9 Å². The molecular formula is C16H21ClN4. The van der Waals surface area contributed by atoms with Crippen LogP contribution in [0.25, 0.3) is 0 Å². The molecular weight excluding hydrogens is 284 g/mol. The molecule has 0 radical (unpaired) electrons. The second-order valence-corrected chi connectivity index (χ2v) is 5.49. The molecule has 0 amide bonds. The van der Waals surface area contributed by atoms with Crippen LogP contribution in [0, 0.1) is 6.92 Å². The van der Waals surface area contributed by atoms with Crippen molar-refractivity contribution in [2.45, 2.75) is 13.3 Å². The predicted molar refractivity (Wildman–Crippen MR) is 87.9 cm³/mol. The molecule has 0 saturated heterocycles. The number of hydrogen-bond acceptors (Lipinski definition) is 4. The van der Waals surface area contributed by atoms with Crippen molar-refractivity contribution in [3.63, 3.8) is 0 Å². The third kappa shape index (κ3) is 5.33. The molecule has 0 unspecified atom stereocenters. The average Bonchev–Trinajstić information content (AvgIpc) is 2.50. The van der Waals surface area contributed by atoms with E-state index < -0.39 is 0 Å². The van der Waals surface area contributed by atoms with Crippen LogP contribution in [0.4, 0.5) is 5.82 Å². The first-order valence-corrected chi connectivity index (χ1v) is 7.48. The van der Waals surface area contributed by atoms with Crippen LogP contribution in [0.1, 0.15) is 11.4 Å². The molecule has 1 aromatic heterocycles. The third-order valence-electron chi connectivity index (χ3n) is 3.28. The number of likely N-dealkylation sites (N-methyl/N-ethyl adjacent to an activating group) is 1. The zero-order chi connectivity index (χ0) is 15.1. The molecule has 0 aliphatic carbocycles. The Balaban J connectivity index is 1.72. The Kier molecular flexibility index (Phi) is 5.96. The molecule has 0 saturated carbocycles. The van der Waals surface area contributed by atoms with E-state index in [2.05, 4.69) is 51.5 Å². The highest BCUT2D eigenvalue weighted by molar-refractivity contribution is 6.32.